The number of hydrogen-bond donors (Lipinski definition) is 2. The van der Waals surface area contributed by atoms with Crippen molar-refractivity contribution in [2.45, 2.75) is 75.9 Å². The third-order valence-corrected chi connectivity index (χ3v) is 7.42. The largest absolute Gasteiger partial charge is 0.314 e. The van der Waals surface area contributed by atoms with E-state index in [1.165, 1.54) is 44.9 Å². The molecular weight excluding hydrogens is 284 g/mol. The normalized spacial score (nSPS) is 40.8. The Morgan fingerprint density at radius 2 is 1.71 bits per heavy atom. The summed E-state index contributed by atoms with van der Waals surface area (Å²) in [7, 11) is -2.80. The number of nitrogens with one attached hydrogen (secondary N) is 2. The maximum Gasteiger partial charge on any atom is 0.151 e. The first-order valence-corrected chi connectivity index (χ1v) is 10.7. The maximum absolute atomic E-state index is 11.8. The van der Waals surface area contributed by atoms with Gasteiger partial charge in [-0.3, -0.25) is 0 Å². The second-order valence-corrected chi connectivity index (χ2v) is 9.46. The number of hydrogen-bond acceptors (Lipinski definition) is 4. The van der Waals surface area contributed by atoms with Crippen LogP contribution in [0, 0.1) is 5.92 Å². The van der Waals surface area contributed by atoms with Gasteiger partial charge in [0.15, 0.2) is 9.84 Å². The average molecular weight is 314 g/mol. The van der Waals surface area contributed by atoms with Crippen molar-refractivity contribution >= 4 is 9.84 Å². The highest BCUT2D eigenvalue weighted by Gasteiger charge is 2.35. The molecule has 3 aliphatic rings. The Balaban J connectivity index is 1.61. The Labute approximate surface area is 129 Å². The van der Waals surface area contributed by atoms with Crippen LogP contribution in [-0.2, 0) is 9.84 Å². The van der Waals surface area contributed by atoms with E-state index in [0.29, 0.717) is 29.5 Å². The highest BCUT2D eigenvalue weighted by atomic mass is 32.2. The minimum atomic E-state index is -2.80. The summed E-state index contributed by atoms with van der Waals surface area (Å²) in [5, 5.41) is 7.46. The monoisotopic (exact) mass is 314 g/mol. The van der Waals surface area contributed by atoms with E-state index in [1.54, 1.807) is 0 Å². The van der Waals surface area contributed by atoms with Gasteiger partial charge in [-0.15, -0.1) is 0 Å². The molecule has 0 aromatic carbocycles. The Hall–Kier alpha value is -0.130. The highest BCUT2D eigenvalue weighted by molar-refractivity contribution is 7.91. The van der Waals surface area contributed by atoms with E-state index in [1.807, 2.05) is 0 Å². The molecule has 5 heteroatoms. The Morgan fingerprint density at radius 3 is 2.48 bits per heavy atom. The SMILES string of the molecule is O=S1(=O)CCCC(NC2CCCCC2C2CCCCN2)C1. The lowest BCUT2D eigenvalue weighted by molar-refractivity contribution is 0.172. The van der Waals surface area contributed by atoms with Gasteiger partial charge < -0.3 is 10.6 Å². The van der Waals surface area contributed by atoms with Gasteiger partial charge in [0.1, 0.15) is 0 Å². The fourth-order valence-electron chi connectivity index (χ4n) is 4.55. The van der Waals surface area contributed by atoms with Gasteiger partial charge in [-0.1, -0.05) is 19.3 Å². The number of sulfone groups is 1. The van der Waals surface area contributed by atoms with E-state index in [9.17, 15) is 8.42 Å². The van der Waals surface area contributed by atoms with Gasteiger partial charge in [0.25, 0.3) is 0 Å². The molecule has 2 N–H and O–H groups in total. The van der Waals surface area contributed by atoms with Crippen LogP contribution in [0.5, 0.6) is 0 Å². The molecule has 21 heavy (non-hydrogen) atoms. The molecule has 0 amide bonds. The second-order valence-electron chi connectivity index (χ2n) is 7.23. The summed E-state index contributed by atoms with van der Waals surface area (Å²) in [6.45, 7) is 1.16. The number of rotatable bonds is 3. The summed E-state index contributed by atoms with van der Waals surface area (Å²) >= 11 is 0. The zero-order valence-corrected chi connectivity index (χ0v) is 13.8. The fraction of sp³-hybridized carbons (Fsp3) is 1.00. The summed E-state index contributed by atoms with van der Waals surface area (Å²) in [6, 6.07) is 1.36. The van der Waals surface area contributed by atoms with Crippen molar-refractivity contribution < 1.29 is 8.42 Å². The molecule has 2 aliphatic heterocycles. The van der Waals surface area contributed by atoms with Crippen LogP contribution in [-0.4, -0.2) is 44.6 Å². The Morgan fingerprint density at radius 1 is 0.905 bits per heavy atom. The molecule has 0 aromatic rings. The molecule has 4 atom stereocenters. The number of piperidine rings is 1. The average Bonchev–Trinajstić information content (AvgIpc) is 2.48. The predicted molar refractivity (Wildman–Crippen MR) is 86.2 cm³/mol. The van der Waals surface area contributed by atoms with E-state index in [4.69, 9.17) is 0 Å². The van der Waals surface area contributed by atoms with Crippen LogP contribution in [0.1, 0.15) is 57.8 Å². The maximum atomic E-state index is 11.8. The molecule has 122 valence electrons. The molecule has 1 saturated carbocycles. The fourth-order valence-corrected chi connectivity index (χ4v) is 6.20. The van der Waals surface area contributed by atoms with E-state index >= 15 is 0 Å². The molecule has 4 nitrogen and oxygen atoms in total. The van der Waals surface area contributed by atoms with Gasteiger partial charge in [0.2, 0.25) is 0 Å². The molecule has 0 bridgehead atoms. The van der Waals surface area contributed by atoms with E-state index in [-0.39, 0.29) is 6.04 Å². The van der Waals surface area contributed by atoms with Crippen molar-refractivity contribution in [2.24, 2.45) is 5.92 Å². The molecule has 1 aliphatic carbocycles. The van der Waals surface area contributed by atoms with Crippen LogP contribution in [0.4, 0.5) is 0 Å². The standard InChI is InChI=1S/C16H30N2O2S/c19-21(20)11-5-6-13(12-21)18-16-9-2-1-7-14(16)15-8-3-4-10-17-15/h13-18H,1-12H2. The summed E-state index contributed by atoms with van der Waals surface area (Å²) < 4.78 is 23.7. The van der Waals surface area contributed by atoms with Crippen LogP contribution >= 0.6 is 0 Å². The summed E-state index contributed by atoms with van der Waals surface area (Å²) in [4.78, 5) is 0. The molecule has 2 heterocycles. The van der Waals surface area contributed by atoms with Gasteiger partial charge in [-0.2, -0.15) is 0 Å². The third-order valence-electron chi connectivity index (χ3n) is 5.60. The Kier molecular flexibility index (Phi) is 5.23. The van der Waals surface area contributed by atoms with Crippen LogP contribution in [0.15, 0.2) is 0 Å². The smallest absolute Gasteiger partial charge is 0.151 e. The van der Waals surface area contributed by atoms with Crippen LogP contribution < -0.4 is 10.6 Å². The molecule has 0 aromatic heterocycles. The van der Waals surface area contributed by atoms with Crippen molar-refractivity contribution in [3.05, 3.63) is 0 Å². The minimum Gasteiger partial charge on any atom is -0.314 e. The summed E-state index contributed by atoms with van der Waals surface area (Å²) in [5.41, 5.74) is 0. The van der Waals surface area contributed by atoms with E-state index in [0.717, 1.165) is 19.4 Å². The molecule has 0 radical (unpaired) electrons. The second kappa shape index (κ2) is 6.97. The minimum absolute atomic E-state index is 0.193. The predicted octanol–water partition coefficient (Wildman–Crippen LogP) is 1.85. The molecule has 0 spiro atoms. The highest BCUT2D eigenvalue weighted by Crippen LogP contribution is 2.31. The molecule has 2 saturated heterocycles. The van der Waals surface area contributed by atoms with Crippen LogP contribution in [0.2, 0.25) is 0 Å². The lowest BCUT2D eigenvalue weighted by Crippen LogP contribution is -2.54. The summed E-state index contributed by atoms with van der Waals surface area (Å²) in [5.74, 6) is 1.45. The zero-order chi connectivity index (χ0) is 14.7. The van der Waals surface area contributed by atoms with Crippen molar-refractivity contribution in [1.29, 1.82) is 0 Å². The van der Waals surface area contributed by atoms with Gasteiger partial charge in [0, 0.05) is 18.1 Å². The summed E-state index contributed by atoms with van der Waals surface area (Å²) in [6.07, 6.45) is 11.0. The topological polar surface area (TPSA) is 58.2 Å². The van der Waals surface area contributed by atoms with Crippen molar-refractivity contribution in [1.82, 2.24) is 10.6 Å². The quantitative estimate of drug-likeness (QED) is 0.835. The van der Waals surface area contributed by atoms with Crippen molar-refractivity contribution in [3.8, 4) is 0 Å². The zero-order valence-electron chi connectivity index (χ0n) is 13.0. The molecule has 4 unspecified atom stereocenters. The van der Waals surface area contributed by atoms with E-state index < -0.39 is 9.84 Å². The molecule has 3 fully saturated rings. The van der Waals surface area contributed by atoms with Crippen molar-refractivity contribution in [2.75, 3.05) is 18.1 Å². The first-order valence-electron chi connectivity index (χ1n) is 8.84. The Bertz CT molecular complexity index is 432. The molecular formula is C16H30N2O2S. The van der Waals surface area contributed by atoms with Crippen LogP contribution in [0.25, 0.3) is 0 Å². The lowest BCUT2D eigenvalue weighted by atomic mass is 9.77. The van der Waals surface area contributed by atoms with Gasteiger partial charge in [0.05, 0.1) is 11.5 Å². The lowest BCUT2D eigenvalue weighted by Gasteiger charge is -2.42. The first-order chi connectivity index (χ1) is 10.1. The third kappa shape index (κ3) is 4.20. The van der Waals surface area contributed by atoms with Crippen molar-refractivity contribution in [3.63, 3.8) is 0 Å². The molecule has 3 rings (SSSR count). The van der Waals surface area contributed by atoms with Crippen LogP contribution in [0.3, 0.4) is 0 Å². The van der Waals surface area contributed by atoms with Gasteiger partial charge >= 0.3 is 0 Å². The first kappa shape index (κ1) is 15.8. The van der Waals surface area contributed by atoms with Gasteiger partial charge in [-0.05, 0) is 51.0 Å². The van der Waals surface area contributed by atoms with E-state index in [2.05, 4.69) is 10.6 Å². The van der Waals surface area contributed by atoms with Gasteiger partial charge in [-0.25, -0.2) is 8.42 Å².